The van der Waals surface area contributed by atoms with Crippen molar-refractivity contribution in [2.45, 2.75) is 19.6 Å². The third-order valence-corrected chi connectivity index (χ3v) is 5.51. The molecular formula is C24H17F3N6O2. The third-order valence-electron chi connectivity index (χ3n) is 5.51. The zero-order valence-electron chi connectivity index (χ0n) is 18.2. The second-order valence-electron chi connectivity index (χ2n) is 7.73. The summed E-state index contributed by atoms with van der Waals surface area (Å²) in [7, 11) is 0. The van der Waals surface area contributed by atoms with Crippen LogP contribution in [0.4, 0.5) is 13.2 Å². The maximum absolute atomic E-state index is 14.2. The Labute approximate surface area is 196 Å². The van der Waals surface area contributed by atoms with Gasteiger partial charge in [0.2, 0.25) is 5.91 Å². The topological polar surface area (TPSA) is 141 Å². The van der Waals surface area contributed by atoms with E-state index >= 15 is 0 Å². The number of nitrogens with two attached hydrogens (primary N) is 2. The van der Waals surface area contributed by atoms with Crippen LogP contribution in [0.15, 0.2) is 48.5 Å². The predicted octanol–water partition coefficient (Wildman–Crippen LogP) is 3.54. The highest BCUT2D eigenvalue weighted by Gasteiger charge is 2.41. The number of amides is 2. The van der Waals surface area contributed by atoms with Crippen LogP contribution in [0.5, 0.6) is 0 Å². The predicted molar refractivity (Wildman–Crippen MR) is 120 cm³/mol. The molecule has 2 aromatic carbocycles. The summed E-state index contributed by atoms with van der Waals surface area (Å²) < 4.78 is 43.6. The van der Waals surface area contributed by atoms with Crippen LogP contribution < -0.4 is 11.5 Å². The first-order valence-corrected chi connectivity index (χ1v) is 10.2. The molecule has 2 aromatic heterocycles. The molecule has 2 amide bonds. The average Bonchev–Trinajstić information content (AvgIpc) is 3.14. The van der Waals surface area contributed by atoms with Crippen LogP contribution in [0.25, 0.3) is 22.0 Å². The van der Waals surface area contributed by atoms with E-state index < -0.39 is 40.5 Å². The number of benzene rings is 2. The molecule has 0 saturated heterocycles. The molecule has 0 aliphatic carbocycles. The van der Waals surface area contributed by atoms with Crippen LogP contribution in [0.2, 0.25) is 0 Å². The van der Waals surface area contributed by atoms with Gasteiger partial charge >= 0.3 is 6.18 Å². The molecule has 0 unspecified atom stereocenters. The van der Waals surface area contributed by atoms with Crippen LogP contribution in [0, 0.1) is 18.3 Å². The van der Waals surface area contributed by atoms with Gasteiger partial charge in [-0.1, -0.05) is 30.3 Å². The summed E-state index contributed by atoms with van der Waals surface area (Å²) in [5, 5.41) is 12.9. The van der Waals surface area contributed by atoms with E-state index in [0.717, 1.165) is 4.68 Å². The van der Waals surface area contributed by atoms with Gasteiger partial charge in [-0.05, 0) is 30.7 Å². The van der Waals surface area contributed by atoms with Crippen molar-refractivity contribution in [3.8, 4) is 17.2 Å². The minimum atomic E-state index is -4.94. The van der Waals surface area contributed by atoms with Gasteiger partial charge in [-0.15, -0.1) is 0 Å². The van der Waals surface area contributed by atoms with Gasteiger partial charge < -0.3 is 11.5 Å². The minimum Gasteiger partial charge on any atom is -0.366 e. The van der Waals surface area contributed by atoms with Gasteiger partial charge in [0.1, 0.15) is 5.69 Å². The molecule has 0 fully saturated rings. The summed E-state index contributed by atoms with van der Waals surface area (Å²) >= 11 is 0. The highest BCUT2D eigenvalue weighted by Crippen LogP contribution is 2.42. The van der Waals surface area contributed by atoms with Crippen molar-refractivity contribution in [1.29, 1.82) is 5.26 Å². The molecule has 4 aromatic rings. The van der Waals surface area contributed by atoms with Crippen molar-refractivity contribution in [2.75, 3.05) is 0 Å². The SMILES string of the molecule is Cc1c(-c2c(C(N)=O)nc3ccccc3c2C(N)=O)c(C(F)(F)F)nn1Cc1ccc(C#N)cc1. The molecule has 0 bridgehead atoms. The van der Waals surface area contributed by atoms with Crippen LogP contribution in [0.3, 0.4) is 0 Å². The highest BCUT2D eigenvalue weighted by molar-refractivity contribution is 6.15. The molecule has 0 aliphatic heterocycles. The van der Waals surface area contributed by atoms with Gasteiger partial charge in [0.15, 0.2) is 5.69 Å². The zero-order valence-corrected chi connectivity index (χ0v) is 18.2. The summed E-state index contributed by atoms with van der Waals surface area (Å²) in [4.78, 5) is 29.0. The van der Waals surface area contributed by atoms with Crippen molar-refractivity contribution in [1.82, 2.24) is 14.8 Å². The summed E-state index contributed by atoms with van der Waals surface area (Å²) in [6, 6.07) is 14.3. The Kier molecular flexibility index (Phi) is 5.74. The molecular weight excluding hydrogens is 461 g/mol. The van der Waals surface area contributed by atoms with Crippen molar-refractivity contribution < 1.29 is 22.8 Å². The van der Waals surface area contributed by atoms with Gasteiger partial charge in [-0.25, -0.2) is 4.98 Å². The smallest absolute Gasteiger partial charge is 0.366 e. The first-order valence-electron chi connectivity index (χ1n) is 10.2. The molecule has 2 heterocycles. The first kappa shape index (κ1) is 23.4. The summed E-state index contributed by atoms with van der Waals surface area (Å²) in [5.74, 6) is -2.17. The maximum atomic E-state index is 14.2. The molecule has 11 heteroatoms. The molecule has 8 nitrogen and oxygen atoms in total. The quantitative estimate of drug-likeness (QED) is 0.451. The lowest BCUT2D eigenvalue weighted by Crippen LogP contribution is -2.21. The number of primary amides is 2. The molecule has 176 valence electrons. The standard InChI is InChI=1S/C24H17F3N6O2/c1-12-17(19-18(22(29)34)15-4-2-3-5-16(15)31-20(19)23(30)35)21(24(25,26)27)32-33(12)11-14-8-6-13(10-28)7-9-14/h2-9H,11H2,1H3,(H2,29,34)(H2,30,35). The Bertz CT molecular complexity index is 1530. The lowest BCUT2D eigenvalue weighted by Gasteiger charge is -2.16. The number of hydrogen-bond donors (Lipinski definition) is 2. The third kappa shape index (κ3) is 4.17. The average molecular weight is 478 g/mol. The summed E-state index contributed by atoms with van der Waals surface area (Å²) in [5.41, 5.74) is 9.18. The number of hydrogen-bond acceptors (Lipinski definition) is 5. The van der Waals surface area contributed by atoms with E-state index in [9.17, 15) is 22.8 Å². The Morgan fingerprint density at radius 1 is 1.03 bits per heavy atom. The molecule has 35 heavy (non-hydrogen) atoms. The van der Waals surface area contributed by atoms with Crippen molar-refractivity contribution in [3.05, 3.63) is 82.3 Å². The fourth-order valence-corrected chi connectivity index (χ4v) is 3.95. The molecule has 0 spiro atoms. The second-order valence-corrected chi connectivity index (χ2v) is 7.73. The number of halogens is 3. The Balaban J connectivity index is 2.06. The number of aromatic nitrogens is 3. The number of nitriles is 1. The molecule has 0 aliphatic rings. The molecule has 0 saturated carbocycles. The van der Waals surface area contributed by atoms with E-state index in [0.29, 0.717) is 11.1 Å². The lowest BCUT2D eigenvalue weighted by atomic mass is 9.92. The number of pyridine rings is 1. The summed E-state index contributed by atoms with van der Waals surface area (Å²) in [6.45, 7) is 1.31. The van der Waals surface area contributed by atoms with Crippen molar-refractivity contribution in [2.24, 2.45) is 11.5 Å². The molecule has 4 rings (SSSR count). The summed E-state index contributed by atoms with van der Waals surface area (Å²) in [6.07, 6.45) is -4.94. The fraction of sp³-hybridized carbons (Fsp3) is 0.125. The van der Waals surface area contributed by atoms with Gasteiger partial charge in [0.25, 0.3) is 5.91 Å². The van der Waals surface area contributed by atoms with E-state index in [1.807, 2.05) is 6.07 Å². The van der Waals surface area contributed by atoms with Crippen LogP contribution >= 0.6 is 0 Å². The van der Waals surface area contributed by atoms with Crippen LogP contribution in [-0.4, -0.2) is 26.6 Å². The van der Waals surface area contributed by atoms with Crippen molar-refractivity contribution in [3.63, 3.8) is 0 Å². The number of rotatable bonds is 5. The van der Waals surface area contributed by atoms with Crippen LogP contribution in [0.1, 0.15) is 43.4 Å². The normalized spacial score (nSPS) is 11.4. The molecule has 0 radical (unpaired) electrons. The Morgan fingerprint density at radius 3 is 2.26 bits per heavy atom. The van der Waals surface area contributed by atoms with Gasteiger partial charge in [-0.3, -0.25) is 14.3 Å². The monoisotopic (exact) mass is 478 g/mol. The van der Waals surface area contributed by atoms with E-state index in [-0.39, 0.29) is 28.7 Å². The Morgan fingerprint density at radius 2 is 1.69 bits per heavy atom. The number of carbonyl (C=O) groups is 2. The second kappa shape index (κ2) is 8.57. The number of alkyl halides is 3. The zero-order chi connectivity index (χ0) is 25.5. The van der Waals surface area contributed by atoms with E-state index in [1.54, 1.807) is 24.3 Å². The van der Waals surface area contributed by atoms with Crippen molar-refractivity contribution >= 4 is 22.7 Å². The van der Waals surface area contributed by atoms with E-state index in [4.69, 9.17) is 16.7 Å². The number of carbonyl (C=O) groups excluding carboxylic acids is 2. The van der Waals surface area contributed by atoms with E-state index in [2.05, 4.69) is 10.1 Å². The highest BCUT2D eigenvalue weighted by atomic mass is 19.4. The number of para-hydroxylation sites is 1. The number of fused-ring (bicyclic) bond motifs is 1. The number of nitrogens with zero attached hydrogens (tertiary/aromatic N) is 4. The van der Waals surface area contributed by atoms with Gasteiger partial charge in [0.05, 0.1) is 29.3 Å². The van der Waals surface area contributed by atoms with Gasteiger partial charge in [0, 0.05) is 22.2 Å². The van der Waals surface area contributed by atoms with Crippen LogP contribution in [-0.2, 0) is 12.7 Å². The lowest BCUT2D eigenvalue weighted by molar-refractivity contribution is -0.141. The first-order chi connectivity index (χ1) is 16.5. The molecule has 0 atom stereocenters. The molecule has 4 N–H and O–H groups in total. The maximum Gasteiger partial charge on any atom is 0.435 e. The fourth-order valence-electron chi connectivity index (χ4n) is 3.95. The van der Waals surface area contributed by atoms with Gasteiger partial charge in [-0.2, -0.15) is 23.5 Å². The Hall–Kier alpha value is -4.72. The van der Waals surface area contributed by atoms with E-state index in [1.165, 1.54) is 31.2 Å². The largest absolute Gasteiger partial charge is 0.435 e. The minimum absolute atomic E-state index is 0.0174.